The lowest BCUT2D eigenvalue weighted by Gasteiger charge is -2.15. The largest absolute Gasteiger partial charge is 0.465 e. The summed E-state index contributed by atoms with van der Waals surface area (Å²) in [6.07, 6.45) is 1.44. The van der Waals surface area contributed by atoms with Gasteiger partial charge in [-0.1, -0.05) is 6.07 Å². The summed E-state index contributed by atoms with van der Waals surface area (Å²) < 4.78 is 1.87. The lowest BCUT2D eigenvalue weighted by atomic mass is 10.2. The Balaban J connectivity index is 1.90. The zero-order valence-corrected chi connectivity index (χ0v) is 10.7. The first-order valence-electron chi connectivity index (χ1n) is 6.25. The van der Waals surface area contributed by atoms with Crippen LogP contribution in [0.25, 0.3) is 11.5 Å². The van der Waals surface area contributed by atoms with E-state index < -0.39 is 6.09 Å². The highest BCUT2D eigenvalue weighted by Gasteiger charge is 2.29. The van der Waals surface area contributed by atoms with Crippen LogP contribution in [-0.2, 0) is 0 Å². The molecule has 0 saturated carbocycles. The Kier molecular flexibility index (Phi) is 2.97. The van der Waals surface area contributed by atoms with Gasteiger partial charge in [0, 0.05) is 13.1 Å². The van der Waals surface area contributed by atoms with E-state index in [4.69, 9.17) is 10.8 Å². The van der Waals surface area contributed by atoms with Crippen LogP contribution in [0.2, 0.25) is 0 Å². The number of pyridine rings is 1. The maximum atomic E-state index is 11.0. The number of aromatic nitrogens is 4. The summed E-state index contributed by atoms with van der Waals surface area (Å²) in [6, 6.07) is 5.33. The van der Waals surface area contributed by atoms with Gasteiger partial charge < -0.3 is 20.3 Å². The molecule has 2 aromatic heterocycles. The molecule has 3 rings (SSSR count). The van der Waals surface area contributed by atoms with Crippen molar-refractivity contribution in [3.63, 3.8) is 0 Å². The molecule has 0 unspecified atom stereocenters. The van der Waals surface area contributed by atoms with E-state index in [1.807, 2.05) is 4.57 Å². The molecule has 1 atom stereocenters. The van der Waals surface area contributed by atoms with Crippen molar-refractivity contribution in [2.45, 2.75) is 12.5 Å². The minimum atomic E-state index is -0.899. The van der Waals surface area contributed by atoms with Crippen LogP contribution in [0.1, 0.15) is 12.5 Å². The molecule has 0 spiro atoms. The third kappa shape index (κ3) is 2.15. The van der Waals surface area contributed by atoms with Crippen molar-refractivity contribution >= 4 is 11.9 Å². The number of anilines is 1. The molecule has 2 aromatic rings. The summed E-state index contributed by atoms with van der Waals surface area (Å²) in [4.78, 5) is 16.6. The topological polar surface area (TPSA) is 110 Å². The molecule has 3 heterocycles. The normalized spacial score (nSPS) is 18.4. The first-order chi connectivity index (χ1) is 9.65. The van der Waals surface area contributed by atoms with Crippen LogP contribution in [0, 0.1) is 0 Å². The number of likely N-dealkylation sites (tertiary alicyclic amines) is 1. The van der Waals surface area contributed by atoms with Crippen LogP contribution in [-0.4, -0.2) is 48.9 Å². The fraction of sp³-hybridized carbons (Fsp3) is 0.333. The summed E-state index contributed by atoms with van der Waals surface area (Å²) >= 11 is 0. The quantitative estimate of drug-likeness (QED) is 0.839. The van der Waals surface area contributed by atoms with Crippen LogP contribution >= 0.6 is 0 Å². The number of nitrogens with zero attached hydrogens (tertiary/aromatic N) is 5. The maximum absolute atomic E-state index is 11.0. The van der Waals surface area contributed by atoms with Gasteiger partial charge in [0.05, 0.1) is 6.04 Å². The number of rotatable bonds is 2. The lowest BCUT2D eigenvalue weighted by molar-refractivity contribution is 0.154. The Morgan fingerprint density at radius 1 is 1.45 bits per heavy atom. The van der Waals surface area contributed by atoms with E-state index in [0.717, 1.165) is 6.42 Å². The predicted molar refractivity (Wildman–Crippen MR) is 70.9 cm³/mol. The number of carboxylic acid groups (broad SMARTS) is 1. The van der Waals surface area contributed by atoms with E-state index in [-0.39, 0.29) is 6.04 Å². The van der Waals surface area contributed by atoms with Gasteiger partial charge in [-0.3, -0.25) is 0 Å². The SMILES string of the molecule is Nc1cccc(-c2nncn2[C@H]2CCN(C(=O)O)C2)n1. The van der Waals surface area contributed by atoms with Gasteiger partial charge in [0.1, 0.15) is 17.8 Å². The highest BCUT2D eigenvalue weighted by atomic mass is 16.4. The van der Waals surface area contributed by atoms with Gasteiger partial charge in [-0.05, 0) is 18.6 Å². The second kappa shape index (κ2) is 4.80. The fourth-order valence-corrected chi connectivity index (χ4v) is 2.41. The van der Waals surface area contributed by atoms with Crippen molar-refractivity contribution < 1.29 is 9.90 Å². The summed E-state index contributed by atoms with van der Waals surface area (Å²) in [5.74, 6) is 1.02. The van der Waals surface area contributed by atoms with Crippen LogP contribution in [0.4, 0.5) is 10.6 Å². The van der Waals surface area contributed by atoms with Crippen molar-refractivity contribution in [2.24, 2.45) is 0 Å². The second-order valence-corrected chi connectivity index (χ2v) is 4.68. The van der Waals surface area contributed by atoms with Crippen molar-refractivity contribution in [2.75, 3.05) is 18.8 Å². The van der Waals surface area contributed by atoms with Gasteiger partial charge in [0.2, 0.25) is 0 Å². The average Bonchev–Trinajstić information content (AvgIpc) is 3.07. The second-order valence-electron chi connectivity index (χ2n) is 4.68. The van der Waals surface area contributed by atoms with Gasteiger partial charge in [0.25, 0.3) is 0 Å². The van der Waals surface area contributed by atoms with E-state index in [9.17, 15) is 4.79 Å². The maximum Gasteiger partial charge on any atom is 0.407 e. The van der Waals surface area contributed by atoms with Gasteiger partial charge >= 0.3 is 6.09 Å². The molecule has 1 saturated heterocycles. The van der Waals surface area contributed by atoms with Gasteiger partial charge in [0.15, 0.2) is 5.82 Å². The molecule has 8 nitrogen and oxygen atoms in total. The Bertz CT molecular complexity index is 640. The molecular weight excluding hydrogens is 260 g/mol. The molecule has 0 bridgehead atoms. The predicted octanol–water partition coefficient (Wildman–Crippen LogP) is 0.847. The van der Waals surface area contributed by atoms with Gasteiger partial charge in [-0.15, -0.1) is 10.2 Å². The monoisotopic (exact) mass is 274 g/mol. The zero-order chi connectivity index (χ0) is 14.1. The third-order valence-corrected chi connectivity index (χ3v) is 3.40. The van der Waals surface area contributed by atoms with Crippen LogP contribution in [0.15, 0.2) is 24.5 Å². The Morgan fingerprint density at radius 3 is 3.00 bits per heavy atom. The molecule has 0 radical (unpaired) electrons. The molecule has 0 aromatic carbocycles. The van der Waals surface area contributed by atoms with Crippen molar-refractivity contribution in [3.8, 4) is 11.5 Å². The van der Waals surface area contributed by atoms with Crippen LogP contribution in [0.5, 0.6) is 0 Å². The van der Waals surface area contributed by atoms with Gasteiger partial charge in [-0.2, -0.15) is 0 Å². The number of amides is 1. The summed E-state index contributed by atoms with van der Waals surface area (Å²) in [7, 11) is 0. The summed E-state index contributed by atoms with van der Waals surface area (Å²) in [6.45, 7) is 0.949. The highest BCUT2D eigenvalue weighted by molar-refractivity contribution is 5.65. The van der Waals surface area contributed by atoms with Crippen LogP contribution in [0.3, 0.4) is 0 Å². The Morgan fingerprint density at radius 2 is 2.30 bits per heavy atom. The highest BCUT2D eigenvalue weighted by Crippen LogP contribution is 2.26. The minimum absolute atomic E-state index is 0.0272. The molecule has 3 N–H and O–H groups in total. The van der Waals surface area contributed by atoms with E-state index >= 15 is 0 Å². The number of nitrogen functional groups attached to an aromatic ring is 1. The number of hydrogen-bond donors (Lipinski definition) is 2. The van der Waals surface area contributed by atoms with Gasteiger partial charge in [-0.25, -0.2) is 9.78 Å². The van der Waals surface area contributed by atoms with Crippen LogP contribution < -0.4 is 5.73 Å². The van der Waals surface area contributed by atoms with E-state index in [1.54, 1.807) is 24.5 Å². The fourth-order valence-electron chi connectivity index (χ4n) is 2.41. The molecule has 104 valence electrons. The standard InChI is InChI=1S/C12H14N6O2/c13-10-3-1-2-9(15-10)11-16-14-7-18(11)8-4-5-17(6-8)12(19)20/h1-3,7-8H,4-6H2,(H2,13,15)(H,19,20)/t8-/m0/s1. The molecule has 0 aliphatic carbocycles. The molecule has 1 aliphatic heterocycles. The molecule has 20 heavy (non-hydrogen) atoms. The number of carbonyl (C=O) groups is 1. The molecule has 1 amide bonds. The van der Waals surface area contributed by atoms with Crippen molar-refractivity contribution in [1.82, 2.24) is 24.6 Å². The zero-order valence-electron chi connectivity index (χ0n) is 10.7. The minimum Gasteiger partial charge on any atom is -0.465 e. The molecule has 1 aliphatic rings. The van der Waals surface area contributed by atoms with E-state index in [1.165, 1.54) is 4.90 Å². The summed E-state index contributed by atoms with van der Waals surface area (Å²) in [5.41, 5.74) is 6.31. The van der Waals surface area contributed by atoms with Crippen molar-refractivity contribution in [1.29, 1.82) is 0 Å². The van der Waals surface area contributed by atoms with Crippen molar-refractivity contribution in [3.05, 3.63) is 24.5 Å². The molecule has 8 heteroatoms. The Hall–Kier alpha value is -2.64. The van der Waals surface area contributed by atoms with E-state index in [0.29, 0.717) is 30.4 Å². The first-order valence-corrected chi connectivity index (χ1v) is 6.25. The molecular formula is C12H14N6O2. The first kappa shape index (κ1) is 12.4. The molecule has 1 fully saturated rings. The number of nitrogens with two attached hydrogens (primary N) is 1. The Labute approximate surface area is 114 Å². The lowest BCUT2D eigenvalue weighted by Crippen LogP contribution is -2.27. The summed E-state index contributed by atoms with van der Waals surface area (Å²) in [5, 5.41) is 17.0. The van der Waals surface area contributed by atoms with E-state index in [2.05, 4.69) is 15.2 Å². The smallest absolute Gasteiger partial charge is 0.407 e. The number of hydrogen-bond acceptors (Lipinski definition) is 5. The third-order valence-electron chi connectivity index (χ3n) is 3.40. The average molecular weight is 274 g/mol.